The Kier molecular flexibility index (Phi) is 6.68. The number of aliphatic hydroxyl groups is 1. The summed E-state index contributed by atoms with van der Waals surface area (Å²) in [6, 6.07) is 13.9. The van der Waals surface area contributed by atoms with Crippen LogP contribution in [0.4, 0.5) is 0 Å². The van der Waals surface area contributed by atoms with E-state index in [-0.39, 0.29) is 6.61 Å². The first-order valence-corrected chi connectivity index (χ1v) is 8.23. The van der Waals surface area contributed by atoms with Crippen LogP contribution < -0.4 is 4.74 Å². The molecule has 2 atom stereocenters. The van der Waals surface area contributed by atoms with Crippen molar-refractivity contribution >= 4 is 0 Å². The molecule has 23 heavy (non-hydrogen) atoms. The van der Waals surface area contributed by atoms with E-state index in [1.54, 1.807) is 0 Å². The van der Waals surface area contributed by atoms with Crippen LogP contribution in [-0.4, -0.2) is 35.3 Å². The molecule has 4 heteroatoms. The van der Waals surface area contributed by atoms with Crippen molar-refractivity contribution in [2.75, 3.05) is 13.2 Å². The molecule has 0 aliphatic rings. The van der Waals surface area contributed by atoms with E-state index in [2.05, 4.69) is 18.7 Å². The lowest BCUT2D eigenvalue weighted by Crippen LogP contribution is -2.40. The molecule has 4 nitrogen and oxygen atoms in total. The molecule has 0 bridgehead atoms. The first-order chi connectivity index (χ1) is 11.1. The van der Waals surface area contributed by atoms with Gasteiger partial charge in [-0.15, -0.1) is 0 Å². The molecular formula is C19H27NO3. The lowest BCUT2D eigenvalue weighted by atomic mass is 10.2. The molecule has 0 radical (unpaired) electrons. The molecule has 0 saturated heterocycles. The van der Waals surface area contributed by atoms with E-state index in [1.807, 2.05) is 49.4 Å². The molecule has 0 aliphatic heterocycles. The molecule has 2 aromatic rings. The second kappa shape index (κ2) is 8.75. The van der Waals surface area contributed by atoms with E-state index >= 15 is 0 Å². The van der Waals surface area contributed by atoms with Crippen LogP contribution in [-0.2, 0) is 6.54 Å². The summed E-state index contributed by atoms with van der Waals surface area (Å²) >= 11 is 0. The third kappa shape index (κ3) is 5.73. The van der Waals surface area contributed by atoms with Crippen LogP contribution in [0.15, 0.2) is 46.9 Å². The van der Waals surface area contributed by atoms with Crippen molar-refractivity contribution in [3.8, 4) is 5.75 Å². The van der Waals surface area contributed by atoms with Gasteiger partial charge in [0.15, 0.2) is 0 Å². The molecule has 1 aromatic carbocycles. The van der Waals surface area contributed by atoms with Crippen molar-refractivity contribution in [1.29, 1.82) is 0 Å². The second-order valence-corrected chi connectivity index (χ2v) is 5.98. The minimum Gasteiger partial charge on any atom is -0.491 e. The Bertz CT molecular complexity index is 567. The summed E-state index contributed by atoms with van der Waals surface area (Å²) in [6.45, 7) is 7.80. The van der Waals surface area contributed by atoms with Gasteiger partial charge >= 0.3 is 0 Å². The van der Waals surface area contributed by atoms with Crippen molar-refractivity contribution in [2.45, 2.75) is 45.9 Å². The second-order valence-electron chi connectivity index (χ2n) is 5.98. The van der Waals surface area contributed by atoms with Gasteiger partial charge < -0.3 is 14.3 Å². The fourth-order valence-corrected chi connectivity index (χ4v) is 2.46. The van der Waals surface area contributed by atoms with Gasteiger partial charge in [0.25, 0.3) is 0 Å². The molecule has 126 valence electrons. The van der Waals surface area contributed by atoms with Gasteiger partial charge in [0.1, 0.15) is 30.0 Å². The smallest absolute Gasteiger partial charge is 0.119 e. The molecule has 2 rings (SSSR count). The van der Waals surface area contributed by atoms with Crippen LogP contribution in [0.2, 0.25) is 0 Å². The average Bonchev–Trinajstić information content (AvgIpc) is 2.97. The highest BCUT2D eigenvalue weighted by Crippen LogP contribution is 2.15. The maximum atomic E-state index is 10.3. The molecule has 0 unspecified atom stereocenters. The zero-order chi connectivity index (χ0) is 16.7. The van der Waals surface area contributed by atoms with Crippen LogP contribution >= 0.6 is 0 Å². The van der Waals surface area contributed by atoms with Gasteiger partial charge in [0, 0.05) is 12.6 Å². The lowest BCUT2D eigenvalue weighted by Gasteiger charge is -2.29. The molecule has 1 aromatic heterocycles. The zero-order valence-corrected chi connectivity index (χ0v) is 14.2. The predicted octanol–water partition coefficient (Wildman–Crippen LogP) is 3.63. The molecule has 0 saturated carbocycles. The number of rotatable bonds is 9. The number of ether oxygens (including phenoxy) is 1. The van der Waals surface area contributed by atoms with Crippen LogP contribution in [0.3, 0.4) is 0 Å². The zero-order valence-electron chi connectivity index (χ0n) is 14.2. The van der Waals surface area contributed by atoms with E-state index in [0.29, 0.717) is 19.1 Å². The summed E-state index contributed by atoms with van der Waals surface area (Å²) in [5, 5.41) is 10.3. The average molecular weight is 317 g/mol. The number of aliphatic hydroxyl groups excluding tert-OH is 1. The Balaban J connectivity index is 1.88. The highest BCUT2D eigenvalue weighted by atomic mass is 16.5. The normalized spacial score (nSPS) is 14.0. The summed E-state index contributed by atoms with van der Waals surface area (Å²) < 4.78 is 11.3. The van der Waals surface area contributed by atoms with Crippen molar-refractivity contribution < 1.29 is 14.3 Å². The largest absolute Gasteiger partial charge is 0.491 e. The Morgan fingerprint density at radius 2 is 1.91 bits per heavy atom. The lowest BCUT2D eigenvalue weighted by molar-refractivity contribution is 0.0477. The van der Waals surface area contributed by atoms with Crippen LogP contribution in [0, 0.1) is 6.92 Å². The molecule has 0 spiro atoms. The molecular weight excluding hydrogens is 290 g/mol. The van der Waals surface area contributed by atoms with Gasteiger partial charge in [-0.3, -0.25) is 4.90 Å². The van der Waals surface area contributed by atoms with E-state index < -0.39 is 6.10 Å². The van der Waals surface area contributed by atoms with Crippen molar-refractivity contribution in [3.05, 3.63) is 54.0 Å². The van der Waals surface area contributed by atoms with E-state index in [0.717, 1.165) is 23.7 Å². The third-order valence-corrected chi connectivity index (χ3v) is 4.00. The molecule has 1 N–H and O–H groups in total. The summed E-state index contributed by atoms with van der Waals surface area (Å²) in [7, 11) is 0. The molecule has 0 amide bonds. The van der Waals surface area contributed by atoms with E-state index in [1.165, 1.54) is 0 Å². The van der Waals surface area contributed by atoms with E-state index in [4.69, 9.17) is 9.15 Å². The van der Waals surface area contributed by atoms with Crippen LogP contribution in [0.1, 0.15) is 31.8 Å². The minimum absolute atomic E-state index is 0.286. The number of furan rings is 1. The van der Waals surface area contributed by atoms with E-state index in [9.17, 15) is 5.11 Å². The maximum Gasteiger partial charge on any atom is 0.119 e. The van der Waals surface area contributed by atoms with Gasteiger partial charge in [-0.1, -0.05) is 25.1 Å². The number of nitrogens with zero attached hydrogens (tertiary/aromatic N) is 1. The first kappa shape index (κ1) is 17.6. The monoisotopic (exact) mass is 317 g/mol. The minimum atomic E-state index is -0.541. The van der Waals surface area contributed by atoms with Crippen molar-refractivity contribution in [2.24, 2.45) is 0 Å². The standard InChI is InChI=1S/C19H27NO3/c1-4-15(2)20(13-19-11-10-16(3)23-19)12-17(21)14-22-18-8-6-5-7-9-18/h5-11,15,17,21H,4,12-14H2,1-3H3/t15-,17+/m0/s1. The molecule has 1 heterocycles. The SMILES string of the molecule is CC[C@H](C)N(Cc1ccc(C)o1)C[C@@H](O)COc1ccccc1. The predicted molar refractivity (Wildman–Crippen MR) is 91.6 cm³/mol. The van der Waals surface area contributed by atoms with Gasteiger partial charge in [-0.05, 0) is 44.5 Å². The topological polar surface area (TPSA) is 45.8 Å². The highest BCUT2D eigenvalue weighted by Gasteiger charge is 2.18. The quantitative estimate of drug-likeness (QED) is 0.767. The summed E-state index contributed by atoms with van der Waals surface area (Å²) in [6.07, 6.45) is 0.478. The van der Waals surface area contributed by atoms with Gasteiger partial charge in [-0.25, -0.2) is 0 Å². The fourth-order valence-electron chi connectivity index (χ4n) is 2.46. The number of benzene rings is 1. The van der Waals surface area contributed by atoms with Crippen molar-refractivity contribution in [1.82, 2.24) is 4.90 Å². The van der Waals surface area contributed by atoms with Crippen LogP contribution in [0.5, 0.6) is 5.75 Å². The third-order valence-electron chi connectivity index (χ3n) is 4.00. The van der Waals surface area contributed by atoms with Crippen molar-refractivity contribution in [3.63, 3.8) is 0 Å². The number of hydrogen-bond donors (Lipinski definition) is 1. The Morgan fingerprint density at radius 1 is 1.17 bits per heavy atom. The highest BCUT2D eigenvalue weighted by molar-refractivity contribution is 5.20. The summed E-state index contributed by atoms with van der Waals surface area (Å²) in [5.74, 6) is 2.62. The fraction of sp³-hybridized carbons (Fsp3) is 0.474. The van der Waals surface area contributed by atoms with Gasteiger partial charge in [0.2, 0.25) is 0 Å². The molecule has 0 aliphatic carbocycles. The number of para-hydroxylation sites is 1. The summed E-state index contributed by atoms with van der Waals surface area (Å²) in [4.78, 5) is 2.23. The molecule has 0 fully saturated rings. The number of hydrogen-bond acceptors (Lipinski definition) is 4. The first-order valence-electron chi connectivity index (χ1n) is 8.23. The Hall–Kier alpha value is -1.78. The summed E-state index contributed by atoms with van der Waals surface area (Å²) in [5.41, 5.74) is 0. The number of aryl methyl sites for hydroxylation is 1. The van der Waals surface area contributed by atoms with Crippen LogP contribution in [0.25, 0.3) is 0 Å². The van der Waals surface area contributed by atoms with Gasteiger partial charge in [0.05, 0.1) is 6.54 Å². The Labute approximate surface area is 138 Å². The maximum absolute atomic E-state index is 10.3. The van der Waals surface area contributed by atoms with Gasteiger partial charge in [-0.2, -0.15) is 0 Å². The Morgan fingerprint density at radius 3 is 2.52 bits per heavy atom.